The minimum atomic E-state index is -1.69. The van der Waals surface area contributed by atoms with Crippen molar-refractivity contribution in [2.75, 3.05) is 0 Å². The minimum Gasteiger partial charge on any atom is -0.164 e. The molecular formula is C14H14F2. The molecule has 0 heterocycles. The molecule has 16 heavy (non-hydrogen) atoms. The summed E-state index contributed by atoms with van der Waals surface area (Å²) in [5.41, 5.74) is 4.25. The predicted molar refractivity (Wildman–Crippen MR) is 60.4 cm³/mol. The average molecular weight is 220 g/mol. The first kappa shape index (κ1) is 11.1. The second-order valence-corrected chi connectivity index (χ2v) is 4.17. The Morgan fingerprint density at radius 2 is 1.69 bits per heavy atom. The second-order valence-electron chi connectivity index (χ2n) is 4.17. The average Bonchev–Trinajstić information content (AvgIpc) is 2.30. The smallest absolute Gasteiger partial charge is 0.164 e. The highest BCUT2D eigenvalue weighted by atomic mass is 19.3. The Morgan fingerprint density at radius 3 is 2.25 bits per heavy atom. The molecule has 2 rings (SSSR count). The molecule has 1 aliphatic rings. The molecule has 0 bridgehead atoms. The van der Waals surface area contributed by atoms with Crippen LogP contribution in [0.1, 0.15) is 37.2 Å². The molecule has 0 nitrogen and oxygen atoms in total. The van der Waals surface area contributed by atoms with Gasteiger partial charge in [0, 0.05) is 0 Å². The molecule has 0 aliphatic heterocycles. The summed E-state index contributed by atoms with van der Waals surface area (Å²) in [5, 5.41) is 0. The summed E-state index contributed by atoms with van der Waals surface area (Å²) in [6, 6.07) is 10.3. The maximum Gasteiger partial charge on any atom is 0.313 e. The molecule has 0 spiro atoms. The zero-order valence-corrected chi connectivity index (χ0v) is 9.05. The van der Waals surface area contributed by atoms with E-state index in [1.165, 1.54) is 5.56 Å². The monoisotopic (exact) mass is 220 g/mol. The lowest BCUT2D eigenvalue weighted by Gasteiger charge is -2.23. The molecule has 0 atom stereocenters. The molecule has 84 valence electrons. The molecule has 0 N–H and O–H groups in total. The summed E-state index contributed by atoms with van der Waals surface area (Å²) < 4.78 is 24.0. The molecular weight excluding hydrogens is 206 g/mol. The first-order valence-electron chi connectivity index (χ1n) is 5.60. The fourth-order valence-electron chi connectivity index (χ4n) is 2.28. The van der Waals surface area contributed by atoms with Gasteiger partial charge >= 0.3 is 6.08 Å². The van der Waals surface area contributed by atoms with E-state index in [0.29, 0.717) is 5.92 Å². The van der Waals surface area contributed by atoms with E-state index < -0.39 is 6.08 Å². The molecule has 1 aromatic rings. The van der Waals surface area contributed by atoms with Crippen LogP contribution < -0.4 is 0 Å². The molecule has 0 aromatic heterocycles. The third kappa shape index (κ3) is 2.80. The highest BCUT2D eigenvalue weighted by Gasteiger charge is 2.17. The van der Waals surface area contributed by atoms with Gasteiger partial charge in [0.1, 0.15) is 0 Å². The quantitative estimate of drug-likeness (QED) is 0.604. The van der Waals surface area contributed by atoms with Crippen LogP contribution in [-0.2, 0) is 0 Å². The van der Waals surface area contributed by atoms with Crippen molar-refractivity contribution >= 4 is 0 Å². The molecule has 0 saturated heterocycles. The van der Waals surface area contributed by atoms with Gasteiger partial charge in [-0.25, -0.2) is 0 Å². The van der Waals surface area contributed by atoms with Crippen LogP contribution in [0.4, 0.5) is 8.78 Å². The van der Waals surface area contributed by atoms with Gasteiger partial charge in [0.25, 0.3) is 0 Å². The molecule has 1 saturated carbocycles. The Morgan fingerprint density at radius 1 is 1.06 bits per heavy atom. The van der Waals surface area contributed by atoms with Crippen LogP contribution >= 0.6 is 0 Å². The van der Waals surface area contributed by atoms with Crippen LogP contribution in [0.25, 0.3) is 0 Å². The van der Waals surface area contributed by atoms with Crippen molar-refractivity contribution in [3.63, 3.8) is 0 Å². The number of hydrogen-bond donors (Lipinski definition) is 0. The molecule has 1 fully saturated rings. The van der Waals surface area contributed by atoms with Crippen LogP contribution in [0.2, 0.25) is 0 Å². The van der Waals surface area contributed by atoms with Gasteiger partial charge < -0.3 is 0 Å². The van der Waals surface area contributed by atoms with E-state index in [9.17, 15) is 8.78 Å². The van der Waals surface area contributed by atoms with E-state index in [2.05, 4.69) is 17.9 Å². The van der Waals surface area contributed by atoms with Gasteiger partial charge in [-0.1, -0.05) is 36.1 Å². The molecule has 0 amide bonds. The van der Waals surface area contributed by atoms with Gasteiger partial charge in [0.05, 0.1) is 0 Å². The third-order valence-corrected chi connectivity index (χ3v) is 3.13. The Balaban J connectivity index is 2.04. The molecule has 1 aromatic carbocycles. The first-order valence-corrected chi connectivity index (χ1v) is 5.60. The van der Waals surface area contributed by atoms with Crippen LogP contribution in [0, 0.1) is 0 Å². The molecule has 0 unspecified atom stereocenters. The van der Waals surface area contributed by atoms with Crippen molar-refractivity contribution < 1.29 is 8.78 Å². The molecule has 0 radical (unpaired) electrons. The van der Waals surface area contributed by atoms with Crippen molar-refractivity contribution in [3.8, 4) is 0 Å². The van der Waals surface area contributed by atoms with Gasteiger partial charge in [0.2, 0.25) is 0 Å². The largest absolute Gasteiger partial charge is 0.313 e. The van der Waals surface area contributed by atoms with Crippen molar-refractivity contribution in [1.82, 2.24) is 0 Å². The van der Waals surface area contributed by atoms with Crippen LogP contribution in [-0.4, -0.2) is 0 Å². The summed E-state index contributed by atoms with van der Waals surface area (Å²) >= 11 is 0. The van der Waals surface area contributed by atoms with Gasteiger partial charge in [0.15, 0.2) is 0 Å². The first-order chi connectivity index (χ1) is 7.75. The summed E-state index contributed by atoms with van der Waals surface area (Å²) in [5.74, 6) is 0.523. The number of rotatable bonds is 1. The maximum atomic E-state index is 12.0. The Hall–Kier alpha value is -1.40. The maximum absolute atomic E-state index is 12.0. The lowest BCUT2D eigenvalue weighted by molar-refractivity contribution is 0.421. The van der Waals surface area contributed by atoms with E-state index in [4.69, 9.17) is 0 Å². The van der Waals surface area contributed by atoms with E-state index in [0.717, 1.165) is 31.3 Å². The number of halogens is 2. The summed E-state index contributed by atoms with van der Waals surface area (Å²) in [6.07, 6.45) is 1.72. The SMILES string of the molecule is FC(F)=C=C1CCC(c2ccccc2)CC1. The Kier molecular flexibility index (Phi) is 3.53. The third-order valence-electron chi connectivity index (χ3n) is 3.13. The highest BCUT2D eigenvalue weighted by Crippen LogP contribution is 2.34. The number of benzene rings is 1. The lowest BCUT2D eigenvalue weighted by Crippen LogP contribution is -2.05. The molecule has 1 aliphatic carbocycles. The van der Waals surface area contributed by atoms with E-state index >= 15 is 0 Å². The fourth-order valence-corrected chi connectivity index (χ4v) is 2.28. The van der Waals surface area contributed by atoms with Gasteiger partial charge in [-0.3, -0.25) is 0 Å². The van der Waals surface area contributed by atoms with Gasteiger partial charge in [-0.2, -0.15) is 8.78 Å². The summed E-state index contributed by atoms with van der Waals surface area (Å²) in [4.78, 5) is 0. The number of hydrogen-bond acceptors (Lipinski definition) is 0. The topological polar surface area (TPSA) is 0 Å². The Bertz CT molecular complexity index is 400. The molecule has 2 heteroatoms. The standard InChI is InChI=1S/C14H14F2/c15-14(16)10-11-6-8-13(9-7-11)12-4-2-1-3-5-12/h1-5,13H,6-9H2. The Labute approximate surface area is 94.3 Å². The fraction of sp³-hybridized carbons (Fsp3) is 0.357. The number of allylic oxidation sites excluding steroid dienone is 1. The van der Waals surface area contributed by atoms with Crippen molar-refractivity contribution in [2.24, 2.45) is 0 Å². The van der Waals surface area contributed by atoms with E-state index in [1.807, 2.05) is 18.2 Å². The zero-order valence-electron chi connectivity index (χ0n) is 9.05. The zero-order chi connectivity index (χ0) is 11.4. The van der Waals surface area contributed by atoms with Crippen molar-refractivity contribution in [3.05, 3.63) is 53.3 Å². The van der Waals surface area contributed by atoms with Crippen molar-refractivity contribution in [2.45, 2.75) is 31.6 Å². The predicted octanol–water partition coefficient (Wildman–Crippen LogP) is 4.65. The second kappa shape index (κ2) is 5.09. The van der Waals surface area contributed by atoms with Crippen LogP contribution in [0.5, 0.6) is 0 Å². The highest BCUT2D eigenvalue weighted by molar-refractivity contribution is 5.22. The van der Waals surface area contributed by atoms with Gasteiger partial charge in [-0.15, -0.1) is 0 Å². The van der Waals surface area contributed by atoms with Gasteiger partial charge in [-0.05, 0) is 42.7 Å². The van der Waals surface area contributed by atoms with Crippen molar-refractivity contribution in [1.29, 1.82) is 0 Å². The lowest BCUT2D eigenvalue weighted by atomic mass is 9.82. The van der Waals surface area contributed by atoms with Crippen LogP contribution in [0.15, 0.2) is 47.7 Å². The summed E-state index contributed by atoms with van der Waals surface area (Å²) in [7, 11) is 0. The minimum absolute atomic E-state index is 0.523. The van der Waals surface area contributed by atoms with Crippen LogP contribution in [0.3, 0.4) is 0 Å². The van der Waals surface area contributed by atoms with E-state index in [1.54, 1.807) is 0 Å². The van der Waals surface area contributed by atoms with E-state index in [-0.39, 0.29) is 0 Å². The summed E-state index contributed by atoms with van der Waals surface area (Å²) in [6.45, 7) is 0. The normalized spacial score (nSPS) is 20.4.